The van der Waals surface area contributed by atoms with Crippen molar-refractivity contribution in [3.8, 4) is 0 Å². The summed E-state index contributed by atoms with van der Waals surface area (Å²) >= 11 is 0. The minimum Gasteiger partial charge on any atom is -0.354 e. The molecule has 1 aromatic carbocycles. The van der Waals surface area contributed by atoms with Crippen LogP contribution >= 0.6 is 12.4 Å². The summed E-state index contributed by atoms with van der Waals surface area (Å²) in [5, 5.41) is 2.94. The van der Waals surface area contributed by atoms with Gasteiger partial charge >= 0.3 is 0 Å². The number of benzene rings is 1. The van der Waals surface area contributed by atoms with Gasteiger partial charge in [-0.05, 0) is 30.5 Å². The smallest absolute Gasteiger partial charge is 0.240 e. The van der Waals surface area contributed by atoms with Crippen LogP contribution in [0.4, 0.5) is 4.39 Å². The maximum atomic E-state index is 13.3. The van der Waals surface area contributed by atoms with Gasteiger partial charge in [0, 0.05) is 12.0 Å². The van der Waals surface area contributed by atoms with Crippen molar-refractivity contribution in [2.75, 3.05) is 6.54 Å². The van der Waals surface area contributed by atoms with Crippen molar-refractivity contribution in [1.82, 2.24) is 5.32 Å². The van der Waals surface area contributed by atoms with Crippen molar-refractivity contribution in [3.05, 3.63) is 35.6 Å². The molecule has 0 atom stereocenters. The Morgan fingerprint density at radius 3 is 2.57 bits per heavy atom. The highest BCUT2D eigenvalue weighted by Gasteiger charge is 2.37. The summed E-state index contributed by atoms with van der Waals surface area (Å²) in [6.07, 6.45) is 3.52. The Morgan fingerprint density at radius 2 is 2.00 bits per heavy atom. The van der Waals surface area contributed by atoms with Crippen LogP contribution < -0.4 is 11.1 Å². The maximum absolute atomic E-state index is 13.3. The molecule has 0 spiro atoms. The predicted molar refractivity (Wildman–Crippen MR) is 85.1 cm³/mol. The number of carbonyl (C=O) groups is 1. The quantitative estimate of drug-likeness (QED) is 0.898. The molecule has 0 aliphatic heterocycles. The van der Waals surface area contributed by atoms with Crippen LogP contribution in [0, 0.1) is 5.82 Å². The lowest BCUT2D eigenvalue weighted by Gasteiger charge is -2.29. The number of rotatable bonds is 4. The molecule has 0 bridgehead atoms. The Bertz CT molecular complexity index is 499. The van der Waals surface area contributed by atoms with Crippen LogP contribution in [-0.4, -0.2) is 18.0 Å². The lowest BCUT2D eigenvalue weighted by atomic mass is 9.84. The predicted octanol–water partition coefficient (Wildman–Crippen LogP) is 2.91. The average molecular weight is 315 g/mol. The highest BCUT2D eigenvalue weighted by molar-refractivity contribution is 5.86. The van der Waals surface area contributed by atoms with Gasteiger partial charge in [-0.3, -0.25) is 4.79 Å². The van der Waals surface area contributed by atoms with Crippen LogP contribution in [0.25, 0.3) is 0 Å². The lowest BCUT2D eigenvalue weighted by molar-refractivity contribution is -0.126. The van der Waals surface area contributed by atoms with E-state index in [-0.39, 0.29) is 29.5 Å². The third-order valence-corrected chi connectivity index (χ3v) is 4.24. The molecule has 118 valence electrons. The van der Waals surface area contributed by atoms with Crippen molar-refractivity contribution in [3.63, 3.8) is 0 Å². The molecule has 1 saturated carbocycles. The Morgan fingerprint density at radius 1 is 1.38 bits per heavy atom. The van der Waals surface area contributed by atoms with E-state index in [0.717, 1.165) is 31.2 Å². The molecule has 0 heterocycles. The van der Waals surface area contributed by atoms with Crippen molar-refractivity contribution < 1.29 is 9.18 Å². The summed E-state index contributed by atoms with van der Waals surface area (Å²) in [4.78, 5) is 12.2. The lowest BCUT2D eigenvalue weighted by Crippen LogP contribution is -2.53. The SMILES string of the molecule is CC(C)(CNC(=O)C1(N)CCCC1)c1cccc(F)c1.Cl. The first kappa shape index (κ1) is 17.9. The van der Waals surface area contributed by atoms with E-state index in [1.807, 2.05) is 19.9 Å². The normalized spacial score (nSPS) is 17.1. The van der Waals surface area contributed by atoms with Crippen molar-refractivity contribution in [2.24, 2.45) is 5.73 Å². The van der Waals surface area contributed by atoms with Gasteiger partial charge in [-0.15, -0.1) is 12.4 Å². The molecule has 1 aliphatic carbocycles. The van der Waals surface area contributed by atoms with Crippen LogP contribution in [0.1, 0.15) is 45.1 Å². The average Bonchev–Trinajstić information content (AvgIpc) is 2.84. The zero-order chi connectivity index (χ0) is 14.8. The van der Waals surface area contributed by atoms with Gasteiger partial charge in [0.2, 0.25) is 5.91 Å². The zero-order valence-electron chi connectivity index (χ0n) is 12.6. The van der Waals surface area contributed by atoms with Gasteiger partial charge < -0.3 is 11.1 Å². The minimum atomic E-state index is -0.710. The number of hydrogen-bond acceptors (Lipinski definition) is 2. The van der Waals surface area contributed by atoms with Crippen molar-refractivity contribution in [2.45, 2.75) is 50.5 Å². The standard InChI is InChI=1S/C16H23FN2O.ClH/c1-15(2,12-6-5-7-13(17)10-12)11-19-14(20)16(18)8-3-4-9-16;/h5-7,10H,3-4,8-9,11,18H2,1-2H3,(H,19,20);1H. The molecular formula is C16H24ClFN2O. The van der Waals surface area contributed by atoms with Crippen LogP contribution in [0.2, 0.25) is 0 Å². The Hall–Kier alpha value is -1.13. The van der Waals surface area contributed by atoms with E-state index in [9.17, 15) is 9.18 Å². The second kappa shape index (κ2) is 6.75. The fraction of sp³-hybridized carbons (Fsp3) is 0.562. The fourth-order valence-corrected chi connectivity index (χ4v) is 2.72. The largest absolute Gasteiger partial charge is 0.354 e. The number of halogens is 2. The van der Waals surface area contributed by atoms with Gasteiger partial charge in [-0.25, -0.2) is 4.39 Å². The summed E-state index contributed by atoms with van der Waals surface area (Å²) in [5.41, 5.74) is 5.96. The first-order chi connectivity index (χ1) is 9.33. The number of carbonyl (C=O) groups excluding carboxylic acids is 1. The summed E-state index contributed by atoms with van der Waals surface area (Å²) in [6.45, 7) is 4.42. The van der Waals surface area contributed by atoms with E-state index in [2.05, 4.69) is 5.32 Å². The van der Waals surface area contributed by atoms with Crippen LogP contribution in [0.3, 0.4) is 0 Å². The van der Waals surface area contributed by atoms with Gasteiger partial charge in [0.1, 0.15) is 5.82 Å². The molecule has 0 radical (unpaired) electrons. The number of nitrogens with one attached hydrogen (secondary N) is 1. The third kappa shape index (κ3) is 4.17. The topological polar surface area (TPSA) is 55.1 Å². The number of amides is 1. The monoisotopic (exact) mass is 314 g/mol. The maximum Gasteiger partial charge on any atom is 0.240 e. The zero-order valence-corrected chi connectivity index (χ0v) is 13.4. The number of hydrogen-bond donors (Lipinski definition) is 2. The van der Waals surface area contributed by atoms with Crippen molar-refractivity contribution in [1.29, 1.82) is 0 Å². The van der Waals surface area contributed by atoms with E-state index >= 15 is 0 Å². The fourth-order valence-electron chi connectivity index (χ4n) is 2.72. The molecule has 3 nitrogen and oxygen atoms in total. The summed E-state index contributed by atoms with van der Waals surface area (Å²) in [6, 6.07) is 6.50. The molecule has 1 aliphatic rings. The van der Waals surface area contributed by atoms with E-state index in [4.69, 9.17) is 5.73 Å². The molecule has 21 heavy (non-hydrogen) atoms. The van der Waals surface area contributed by atoms with Gasteiger partial charge in [0.05, 0.1) is 5.54 Å². The second-order valence-electron chi connectivity index (χ2n) is 6.44. The molecule has 1 fully saturated rings. The third-order valence-electron chi connectivity index (χ3n) is 4.24. The van der Waals surface area contributed by atoms with E-state index in [1.165, 1.54) is 12.1 Å². The Balaban J connectivity index is 0.00000220. The number of nitrogens with two attached hydrogens (primary N) is 1. The van der Waals surface area contributed by atoms with Crippen LogP contribution in [0.15, 0.2) is 24.3 Å². The van der Waals surface area contributed by atoms with E-state index in [0.29, 0.717) is 6.54 Å². The van der Waals surface area contributed by atoms with Gasteiger partial charge in [-0.1, -0.05) is 38.8 Å². The molecule has 2 rings (SSSR count). The molecular weight excluding hydrogens is 291 g/mol. The first-order valence-electron chi connectivity index (χ1n) is 7.17. The second-order valence-corrected chi connectivity index (χ2v) is 6.44. The van der Waals surface area contributed by atoms with Crippen LogP contribution in [-0.2, 0) is 10.2 Å². The van der Waals surface area contributed by atoms with E-state index < -0.39 is 5.54 Å². The summed E-state index contributed by atoms with van der Waals surface area (Å²) < 4.78 is 13.3. The highest BCUT2D eigenvalue weighted by Crippen LogP contribution is 2.28. The van der Waals surface area contributed by atoms with Gasteiger partial charge in [-0.2, -0.15) is 0 Å². The molecule has 1 amide bonds. The molecule has 0 unspecified atom stereocenters. The first-order valence-corrected chi connectivity index (χ1v) is 7.17. The summed E-state index contributed by atoms with van der Waals surface area (Å²) in [7, 11) is 0. The Labute approximate surface area is 131 Å². The van der Waals surface area contributed by atoms with E-state index in [1.54, 1.807) is 6.07 Å². The van der Waals surface area contributed by atoms with Crippen LogP contribution in [0.5, 0.6) is 0 Å². The molecule has 0 aromatic heterocycles. The molecule has 1 aromatic rings. The highest BCUT2D eigenvalue weighted by atomic mass is 35.5. The minimum absolute atomic E-state index is 0. The van der Waals surface area contributed by atoms with Gasteiger partial charge in [0.15, 0.2) is 0 Å². The molecule has 3 N–H and O–H groups in total. The molecule has 5 heteroatoms. The van der Waals surface area contributed by atoms with Gasteiger partial charge in [0.25, 0.3) is 0 Å². The Kier molecular flexibility index (Phi) is 5.76. The molecule has 0 saturated heterocycles. The summed E-state index contributed by atoms with van der Waals surface area (Å²) in [5.74, 6) is -0.340. The van der Waals surface area contributed by atoms with Crippen molar-refractivity contribution >= 4 is 18.3 Å².